The molecule has 1 saturated heterocycles. The monoisotopic (exact) mass is 333 g/mol. The van der Waals surface area contributed by atoms with Gasteiger partial charge in [0.05, 0.1) is 0 Å². The van der Waals surface area contributed by atoms with Gasteiger partial charge in [-0.1, -0.05) is 25.1 Å². The number of carbonyl (C=O) groups is 1. The van der Waals surface area contributed by atoms with Crippen LogP contribution < -0.4 is 5.76 Å². The van der Waals surface area contributed by atoms with E-state index in [-0.39, 0.29) is 30.0 Å². The molecule has 1 atom stereocenters. The molecule has 0 bridgehead atoms. The third-order valence-electron chi connectivity index (χ3n) is 4.57. The molecule has 2 aromatic rings. The summed E-state index contributed by atoms with van der Waals surface area (Å²) in [5, 5.41) is 6.12. The fourth-order valence-electron chi connectivity index (χ4n) is 3.17. The Bertz CT molecular complexity index is 762. The second-order valence-electron chi connectivity index (χ2n) is 6.23. The van der Waals surface area contributed by atoms with Crippen molar-refractivity contribution in [2.45, 2.75) is 38.0 Å². The first-order chi connectivity index (χ1) is 11.5. The fraction of sp³-hybridized carbons (Fsp3) is 0.471. The zero-order chi connectivity index (χ0) is 17.1. The van der Waals surface area contributed by atoms with Crippen LogP contribution in [0.5, 0.6) is 0 Å². The van der Waals surface area contributed by atoms with Crippen LogP contribution in [0.1, 0.15) is 49.5 Å². The van der Waals surface area contributed by atoms with Gasteiger partial charge in [0.25, 0.3) is 0 Å². The highest BCUT2D eigenvalue weighted by Crippen LogP contribution is 2.28. The predicted molar refractivity (Wildman–Crippen MR) is 85.1 cm³/mol. The molecule has 24 heavy (non-hydrogen) atoms. The van der Waals surface area contributed by atoms with E-state index in [0.717, 1.165) is 0 Å². The summed E-state index contributed by atoms with van der Waals surface area (Å²) in [6, 6.07) is 6.56. The minimum absolute atomic E-state index is 0.0210. The third-order valence-corrected chi connectivity index (χ3v) is 4.57. The molecule has 1 unspecified atom stereocenters. The first-order valence-electron chi connectivity index (χ1n) is 8.12. The molecule has 1 N–H and O–H groups in total. The van der Waals surface area contributed by atoms with E-state index in [9.17, 15) is 14.0 Å². The second-order valence-corrected chi connectivity index (χ2v) is 6.23. The number of halogens is 1. The highest BCUT2D eigenvalue weighted by atomic mass is 19.1. The van der Waals surface area contributed by atoms with Crippen molar-refractivity contribution >= 4 is 5.91 Å². The van der Waals surface area contributed by atoms with Crippen molar-refractivity contribution in [1.82, 2.24) is 15.1 Å². The van der Waals surface area contributed by atoms with Crippen molar-refractivity contribution in [2.24, 2.45) is 0 Å². The van der Waals surface area contributed by atoms with Gasteiger partial charge in [-0.2, -0.15) is 0 Å². The van der Waals surface area contributed by atoms with E-state index in [4.69, 9.17) is 4.42 Å². The van der Waals surface area contributed by atoms with Crippen LogP contribution in [0.4, 0.5) is 4.39 Å². The molecule has 1 fully saturated rings. The lowest BCUT2D eigenvalue weighted by molar-refractivity contribution is -0.132. The molecule has 0 saturated carbocycles. The summed E-state index contributed by atoms with van der Waals surface area (Å²) in [4.78, 5) is 25.2. The average molecular weight is 333 g/mol. The summed E-state index contributed by atoms with van der Waals surface area (Å²) in [5.41, 5.74) is 0.569. The number of benzene rings is 1. The molecule has 0 aliphatic carbocycles. The SMILES string of the molecule is CC(CC(=O)N1CCC(c2n[nH]c(=O)o2)CC1)c1ccccc1F. The molecular weight excluding hydrogens is 313 g/mol. The highest BCUT2D eigenvalue weighted by Gasteiger charge is 2.28. The van der Waals surface area contributed by atoms with Gasteiger partial charge in [0.15, 0.2) is 0 Å². The minimum Gasteiger partial charge on any atom is -0.392 e. The van der Waals surface area contributed by atoms with Gasteiger partial charge in [0.1, 0.15) is 5.82 Å². The minimum atomic E-state index is -0.554. The molecule has 6 nitrogen and oxygen atoms in total. The Hall–Kier alpha value is -2.44. The van der Waals surface area contributed by atoms with Crippen LogP contribution in [-0.2, 0) is 4.79 Å². The number of hydrogen-bond donors (Lipinski definition) is 1. The maximum Gasteiger partial charge on any atom is 0.434 e. The normalized spacial score (nSPS) is 17.0. The molecule has 0 radical (unpaired) electrons. The number of carbonyl (C=O) groups excluding carboxylic acids is 1. The molecule has 1 aromatic heterocycles. The van der Waals surface area contributed by atoms with Crippen LogP contribution in [0, 0.1) is 5.82 Å². The number of likely N-dealkylation sites (tertiary alicyclic amines) is 1. The van der Waals surface area contributed by atoms with E-state index < -0.39 is 5.76 Å². The van der Waals surface area contributed by atoms with Crippen molar-refractivity contribution in [3.63, 3.8) is 0 Å². The van der Waals surface area contributed by atoms with Crippen LogP contribution in [0.25, 0.3) is 0 Å². The molecule has 1 aromatic carbocycles. The van der Waals surface area contributed by atoms with Gasteiger partial charge in [-0.25, -0.2) is 14.3 Å². The van der Waals surface area contributed by atoms with E-state index in [0.29, 0.717) is 37.4 Å². The van der Waals surface area contributed by atoms with E-state index in [1.54, 1.807) is 23.1 Å². The molecule has 1 aliphatic rings. The van der Waals surface area contributed by atoms with Crippen LogP contribution in [0.3, 0.4) is 0 Å². The molecule has 1 amide bonds. The van der Waals surface area contributed by atoms with Crippen molar-refractivity contribution in [3.05, 3.63) is 52.1 Å². The van der Waals surface area contributed by atoms with Crippen molar-refractivity contribution < 1.29 is 13.6 Å². The van der Waals surface area contributed by atoms with E-state index in [1.165, 1.54) is 6.07 Å². The van der Waals surface area contributed by atoms with Gasteiger partial charge in [-0.05, 0) is 30.4 Å². The number of rotatable bonds is 4. The number of nitrogens with one attached hydrogen (secondary N) is 1. The van der Waals surface area contributed by atoms with Crippen LogP contribution in [0.2, 0.25) is 0 Å². The zero-order valence-corrected chi connectivity index (χ0v) is 13.5. The lowest BCUT2D eigenvalue weighted by Gasteiger charge is -2.31. The smallest absolute Gasteiger partial charge is 0.392 e. The van der Waals surface area contributed by atoms with Gasteiger partial charge in [-0.3, -0.25) is 4.79 Å². The number of hydrogen-bond acceptors (Lipinski definition) is 4. The largest absolute Gasteiger partial charge is 0.434 e. The van der Waals surface area contributed by atoms with Crippen molar-refractivity contribution in [2.75, 3.05) is 13.1 Å². The average Bonchev–Trinajstić information content (AvgIpc) is 3.02. The van der Waals surface area contributed by atoms with Gasteiger partial charge in [0.2, 0.25) is 11.8 Å². The zero-order valence-electron chi connectivity index (χ0n) is 13.5. The predicted octanol–water partition coefficient (Wildman–Crippen LogP) is 2.40. The Morgan fingerprint density at radius 2 is 2.12 bits per heavy atom. The van der Waals surface area contributed by atoms with Gasteiger partial charge in [0, 0.05) is 25.4 Å². The summed E-state index contributed by atoms with van der Waals surface area (Å²) >= 11 is 0. The van der Waals surface area contributed by atoms with Gasteiger partial charge < -0.3 is 9.32 Å². The van der Waals surface area contributed by atoms with Crippen LogP contribution in [0.15, 0.2) is 33.5 Å². The topological polar surface area (TPSA) is 79.2 Å². The Morgan fingerprint density at radius 1 is 1.42 bits per heavy atom. The number of H-pyrrole nitrogens is 1. The van der Waals surface area contributed by atoms with Crippen LogP contribution >= 0.6 is 0 Å². The number of aromatic amines is 1. The maximum absolute atomic E-state index is 13.8. The molecular formula is C17H20FN3O3. The summed E-state index contributed by atoms with van der Waals surface area (Å²) in [7, 11) is 0. The lowest BCUT2D eigenvalue weighted by Crippen LogP contribution is -2.38. The Labute approximate surface area is 138 Å². The Kier molecular flexibility index (Phi) is 4.78. The van der Waals surface area contributed by atoms with E-state index >= 15 is 0 Å². The summed E-state index contributed by atoms with van der Waals surface area (Å²) in [6.45, 7) is 3.04. The van der Waals surface area contributed by atoms with Gasteiger partial charge in [-0.15, -0.1) is 5.10 Å². The molecule has 3 rings (SSSR count). The summed E-state index contributed by atoms with van der Waals surface area (Å²) < 4.78 is 18.8. The number of piperidine rings is 1. The molecule has 128 valence electrons. The fourth-order valence-corrected chi connectivity index (χ4v) is 3.17. The molecule has 0 spiro atoms. The first kappa shape index (κ1) is 16.4. The standard InChI is InChI=1S/C17H20FN3O3/c1-11(13-4-2-3-5-14(13)18)10-15(22)21-8-6-12(7-9-21)16-19-20-17(23)24-16/h2-5,11-12H,6-10H2,1H3,(H,20,23). The van der Waals surface area contributed by atoms with Crippen LogP contribution in [-0.4, -0.2) is 34.1 Å². The first-order valence-corrected chi connectivity index (χ1v) is 8.12. The second kappa shape index (κ2) is 6.98. The number of nitrogens with zero attached hydrogens (tertiary/aromatic N) is 2. The maximum atomic E-state index is 13.8. The van der Waals surface area contributed by atoms with Gasteiger partial charge >= 0.3 is 5.76 Å². The summed E-state index contributed by atoms with van der Waals surface area (Å²) in [5.74, 6) is -0.510. The van der Waals surface area contributed by atoms with Crippen molar-refractivity contribution in [3.8, 4) is 0 Å². The van der Waals surface area contributed by atoms with E-state index in [2.05, 4.69) is 10.2 Å². The van der Waals surface area contributed by atoms with E-state index in [1.807, 2.05) is 6.92 Å². The number of amides is 1. The number of aromatic nitrogens is 2. The van der Waals surface area contributed by atoms with Crippen molar-refractivity contribution in [1.29, 1.82) is 0 Å². The quantitative estimate of drug-likeness (QED) is 0.932. The Balaban J connectivity index is 1.55. The summed E-state index contributed by atoms with van der Waals surface area (Å²) in [6.07, 6.45) is 1.68. The third kappa shape index (κ3) is 3.55. The highest BCUT2D eigenvalue weighted by molar-refractivity contribution is 5.77. The lowest BCUT2D eigenvalue weighted by atomic mass is 9.94. The Morgan fingerprint density at radius 3 is 2.75 bits per heavy atom. The molecule has 1 aliphatic heterocycles. The molecule has 2 heterocycles. The molecule has 7 heteroatoms.